The van der Waals surface area contributed by atoms with Crippen LogP contribution in [0.25, 0.3) is 27.8 Å². The Labute approximate surface area is 228 Å². The zero-order valence-electron chi connectivity index (χ0n) is 21.2. The van der Waals surface area contributed by atoms with E-state index >= 15 is 4.39 Å². The van der Waals surface area contributed by atoms with Crippen LogP contribution >= 0.6 is 11.9 Å². The molecule has 11 heteroatoms. The van der Waals surface area contributed by atoms with Crippen LogP contribution in [0.4, 0.5) is 8.78 Å². The lowest BCUT2D eigenvalue weighted by Gasteiger charge is -2.15. The molecule has 2 aromatic heterocycles. The number of nitrogens with zero attached hydrogens (tertiary/aromatic N) is 3. The van der Waals surface area contributed by atoms with Gasteiger partial charge in [-0.3, -0.25) is 10.0 Å². The van der Waals surface area contributed by atoms with Crippen molar-refractivity contribution in [3.63, 3.8) is 0 Å². The van der Waals surface area contributed by atoms with Crippen molar-refractivity contribution in [2.75, 3.05) is 6.54 Å². The first-order chi connectivity index (χ1) is 18.8. The molecule has 4 aromatic rings. The van der Waals surface area contributed by atoms with Gasteiger partial charge < -0.3 is 9.67 Å². The maximum atomic E-state index is 15.2. The van der Waals surface area contributed by atoms with E-state index in [0.29, 0.717) is 17.0 Å². The highest BCUT2D eigenvalue weighted by molar-refractivity contribution is 7.96. The van der Waals surface area contributed by atoms with Crippen LogP contribution in [0.15, 0.2) is 70.6 Å². The molecule has 0 bridgehead atoms. The van der Waals surface area contributed by atoms with E-state index < -0.39 is 28.6 Å². The molecule has 0 amide bonds. The number of carboxylic acids is 1. The molecule has 0 atom stereocenters. The lowest BCUT2D eigenvalue weighted by Crippen LogP contribution is -2.29. The van der Waals surface area contributed by atoms with Gasteiger partial charge in [-0.25, -0.2) is 24.0 Å². The minimum Gasteiger partial charge on any atom is -0.477 e. The molecule has 0 fully saturated rings. The van der Waals surface area contributed by atoms with E-state index in [4.69, 9.17) is 0 Å². The largest absolute Gasteiger partial charge is 0.477 e. The Kier molecular flexibility index (Phi) is 9.41. The van der Waals surface area contributed by atoms with Crippen LogP contribution in [0.3, 0.4) is 0 Å². The second-order valence-corrected chi connectivity index (χ2v) is 9.94. The number of aromatic nitrogens is 2. The van der Waals surface area contributed by atoms with Gasteiger partial charge in [-0.2, -0.15) is 0 Å². The number of pyridine rings is 2. The Morgan fingerprint density at radius 3 is 2.49 bits per heavy atom. The van der Waals surface area contributed by atoms with E-state index in [1.807, 2.05) is 0 Å². The molecule has 8 nitrogen and oxygen atoms in total. The van der Waals surface area contributed by atoms with E-state index in [1.54, 1.807) is 24.3 Å². The van der Waals surface area contributed by atoms with Crippen molar-refractivity contribution in [2.24, 2.45) is 0 Å². The quantitative estimate of drug-likeness (QED) is 0.108. The fourth-order valence-corrected chi connectivity index (χ4v) is 4.76. The van der Waals surface area contributed by atoms with Crippen LogP contribution in [0.5, 0.6) is 0 Å². The first kappa shape index (κ1) is 28.4. The summed E-state index contributed by atoms with van der Waals surface area (Å²) in [6.45, 7) is 2.80. The molecule has 4 rings (SSSR count). The fraction of sp³-hybridized carbons (Fsp3) is 0.250. The molecule has 39 heavy (non-hydrogen) atoms. The Hall–Kier alpha value is -3.64. The number of nitrogens with one attached hydrogen (secondary N) is 1. The zero-order valence-corrected chi connectivity index (χ0v) is 22.0. The number of unbranched alkanes of at least 4 members (excludes halogenated alkanes) is 4. The van der Waals surface area contributed by atoms with Gasteiger partial charge in [-0.15, -0.1) is 0 Å². The Morgan fingerprint density at radius 1 is 1.08 bits per heavy atom. The van der Waals surface area contributed by atoms with E-state index in [9.17, 15) is 24.3 Å². The molecule has 0 radical (unpaired) electrons. The van der Waals surface area contributed by atoms with E-state index in [-0.39, 0.29) is 22.3 Å². The summed E-state index contributed by atoms with van der Waals surface area (Å²) in [5.74, 6) is -2.61. The molecule has 0 aliphatic carbocycles. The van der Waals surface area contributed by atoms with Crippen molar-refractivity contribution in [1.82, 2.24) is 19.6 Å². The molecular weight excluding hydrogens is 526 g/mol. The maximum Gasteiger partial charge on any atom is 0.341 e. The number of fused-ring (bicyclic) bond motifs is 1. The molecule has 0 aliphatic rings. The number of benzene rings is 2. The highest BCUT2D eigenvalue weighted by Gasteiger charge is 2.19. The molecule has 3 N–H and O–H groups in total. The molecule has 204 valence electrons. The minimum absolute atomic E-state index is 0.147. The van der Waals surface area contributed by atoms with Gasteiger partial charge in [-0.1, -0.05) is 49.3 Å². The minimum atomic E-state index is -1.47. The highest BCUT2D eigenvalue weighted by atomic mass is 32.2. The highest BCUT2D eigenvalue weighted by Crippen LogP contribution is 2.30. The summed E-state index contributed by atoms with van der Waals surface area (Å²) < 4.78 is 31.0. The number of aromatic carboxylic acids is 1. The number of hydrogen-bond acceptors (Lipinski definition) is 7. The molecule has 2 heterocycles. The van der Waals surface area contributed by atoms with Crippen molar-refractivity contribution in [3.8, 4) is 16.9 Å². The summed E-state index contributed by atoms with van der Waals surface area (Å²) in [5, 5.41) is 19.5. The fourth-order valence-electron chi connectivity index (χ4n) is 4.15. The molecule has 2 aromatic carbocycles. The number of halogens is 2. The van der Waals surface area contributed by atoms with Crippen molar-refractivity contribution in [1.29, 1.82) is 0 Å². The monoisotopic (exact) mass is 554 g/mol. The third kappa shape index (κ3) is 6.87. The maximum absolute atomic E-state index is 15.2. The predicted octanol–water partition coefficient (Wildman–Crippen LogP) is 6.20. The summed E-state index contributed by atoms with van der Waals surface area (Å²) in [6, 6.07) is 11.7. The van der Waals surface area contributed by atoms with Gasteiger partial charge in [0.2, 0.25) is 5.43 Å². The number of hydrazine groups is 1. The van der Waals surface area contributed by atoms with Gasteiger partial charge in [0.1, 0.15) is 23.0 Å². The second kappa shape index (κ2) is 12.9. The van der Waals surface area contributed by atoms with E-state index in [1.165, 1.54) is 36.0 Å². The third-order valence-electron chi connectivity index (χ3n) is 6.17. The average Bonchev–Trinajstić information content (AvgIpc) is 2.92. The lowest BCUT2D eigenvalue weighted by atomic mass is 10.0. The SMILES string of the molecule is CCCCCCCNN(O)Sc1ccc(-c2cc3c(cc2F)c(=O)c(C(=O)O)cn3-c2ccc(F)cn2)cc1. The zero-order chi connectivity index (χ0) is 27.9. The Bertz CT molecular complexity index is 1510. The van der Waals surface area contributed by atoms with Gasteiger partial charge >= 0.3 is 5.97 Å². The molecule has 0 saturated carbocycles. The lowest BCUT2D eigenvalue weighted by molar-refractivity contribution is -0.0320. The van der Waals surface area contributed by atoms with Gasteiger partial charge in [0.25, 0.3) is 0 Å². The van der Waals surface area contributed by atoms with Crippen LogP contribution in [-0.4, -0.2) is 37.0 Å². The second-order valence-electron chi connectivity index (χ2n) is 8.94. The van der Waals surface area contributed by atoms with Crippen molar-refractivity contribution < 1.29 is 23.9 Å². The summed E-state index contributed by atoms with van der Waals surface area (Å²) in [6.07, 6.45) is 7.64. The molecule has 0 unspecified atom stereocenters. The van der Waals surface area contributed by atoms with Gasteiger partial charge in [0.15, 0.2) is 0 Å². The van der Waals surface area contributed by atoms with Crippen molar-refractivity contribution in [2.45, 2.75) is 43.9 Å². The molecule has 0 saturated heterocycles. The molecule has 0 aliphatic heterocycles. The first-order valence-corrected chi connectivity index (χ1v) is 13.3. The standard InChI is InChI=1S/C28H28F2N4O4S/c1-2-3-4-5-6-13-32-34(38)39-20-10-7-18(8-11-20)21-15-25-22(14-24(21)30)27(35)23(28(36)37)17-33(25)26-12-9-19(29)16-31-26/h7-12,14-17,32,38H,2-6,13H2,1H3,(H,36,37). The Morgan fingerprint density at radius 2 is 1.82 bits per heavy atom. The summed E-state index contributed by atoms with van der Waals surface area (Å²) in [4.78, 5) is 29.2. The smallest absolute Gasteiger partial charge is 0.341 e. The average molecular weight is 555 g/mol. The molecular formula is C28H28F2N4O4S. The topological polar surface area (TPSA) is 108 Å². The van der Waals surface area contributed by atoms with Gasteiger partial charge in [0, 0.05) is 40.5 Å². The van der Waals surface area contributed by atoms with Gasteiger partial charge in [0.05, 0.1) is 11.7 Å². The summed E-state index contributed by atoms with van der Waals surface area (Å²) >= 11 is 1.07. The van der Waals surface area contributed by atoms with Crippen LogP contribution in [0, 0.1) is 11.6 Å². The van der Waals surface area contributed by atoms with Crippen LogP contribution < -0.4 is 10.9 Å². The van der Waals surface area contributed by atoms with Crippen LogP contribution in [-0.2, 0) is 0 Å². The van der Waals surface area contributed by atoms with E-state index in [2.05, 4.69) is 17.3 Å². The van der Waals surface area contributed by atoms with Crippen LogP contribution in [0.2, 0.25) is 0 Å². The number of carbonyl (C=O) groups is 1. The number of carboxylic acid groups (broad SMARTS) is 1. The first-order valence-electron chi connectivity index (χ1n) is 12.5. The number of hydrogen-bond donors (Lipinski definition) is 3. The van der Waals surface area contributed by atoms with Gasteiger partial charge in [-0.05, 0) is 48.4 Å². The van der Waals surface area contributed by atoms with Crippen LogP contribution in [0.1, 0.15) is 49.4 Å². The Balaban J connectivity index is 1.61. The molecule has 0 spiro atoms. The van der Waals surface area contributed by atoms with Crippen molar-refractivity contribution in [3.05, 3.63) is 88.3 Å². The summed E-state index contributed by atoms with van der Waals surface area (Å²) in [7, 11) is 0. The normalized spacial score (nSPS) is 11.4. The third-order valence-corrected chi connectivity index (χ3v) is 6.95. The van der Waals surface area contributed by atoms with E-state index in [0.717, 1.165) is 53.9 Å². The number of rotatable bonds is 12. The summed E-state index contributed by atoms with van der Waals surface area (Å²) in [5.41, 5.74) is 2.39. The van der Waals surface area contributed by atoms with Crippen molar-refractivity contribution >= 4 is 28.8 Å². The predicted molar refractivity (Wildman–Crippen MR) is 146 cm³/mol.